The van der Waals surface area contributed by atoms with Crippen LogP contribution in [-0.2, 0) is 14.6 Å². The van der Waals surface area contributed by atoms with Crippen LogP contribution in [0, 0.1) is 0 Å². The monoisotopic (exact) mass is 221 g/mol. The molecule has 0 bridgehead atoms. The Morgan fingerprint density at radius 2 is 2.29 bits per heavy atom. The van der Waals surface area contributed by atoms with E-state index in [2.05, 4.69) is 5.32 Å². The van der Waals surface area contributed by atoms with Crippen LogP contribution in [0.4, 0.5) is 0 Å². The summed E-state index contributed by atoms with van der Waals surface area (Å²) in [6.45, 7) is 3.21. The highest BCUT2D eigenvalue weighted by Crippen LogP contribution is 2.10. The van der Waals surface area contributed by atoms with Crippen LogP contribution in [0.15, 0.2) is 0 Å². The van der Waals surface area contributed by atoms with Crippen LogP contribution in [0.1, 0.15) is 13.3 Å². The smallest absolute Gasteiger partial charge is 0.275 e. The Morgan fingerprint density at radius 3 is 2.79 bits per heavy atom. The molecule has 0 aliphatic carbocycles. The second kappa shape index (κ2) is 4.75. The molecular weight excluding hydrogens is 204 g/mol. The molecule has 1 amide bonds. The topological polar surface area (TPSA) is 79.8 Å². The molecular formula is C8H17N2O3S+. The number of nitrogens with one attached hydrogen (secondary N) is 1. The van der Waals surface area contributed by atoms with Gasteiger partial charge in [0.15, 0.2) is 16.4 Å². The van der Waals surface area contributed by atoms with Crippen LogP contribution in [0.2, 0.25) is 0 Å². The van der Waals surface area contributed by atoms with Crippen molar-refractivity contribution in [2.75, 3.05) is 24.6 Å². The summed E-state index contributed by atoms with van der Waals surface area (Å²) < 4.78 is 22.2. The number of likely N-dealkylation sites (N-methyl/N-ethyl adjacent to an activating group) is 1. The first kappa shape index (κ1) is 11.5. The number of amides is 1. The first-order chi connectivity index (χ1) is 6.53. The Hall–Kier alpha value is -0.620. The third-order valence-corrected chi connectivity index (χ3v) is 3.98. The van der Waals surface area contributed by atoms with Crippen molar-refractivity contribution in [1.82, 2.24) is 5.32 Å². The first-order valence-corrected chi connectivity index (χ1v) is 6.67. The molecule has 3 N–H and O–H groups in total. The molecule has 82 valence electrons. The quantitative estimate of drug-likeness (QED) is 0.569. The molecule has 14 heavy (non-hydrogen) atoms. The molecule has 0 aromatic heterocycles. The average molecular weight is 221 g/mol. The van der Waals surface area contributed by atoms with Gasteiger partial charge in [0.05, 0.1) is 18.1 Å². The van der Waals surface area contributed by atoms with E-state index in [1.54, 1.807) is 0 Å². The summed E-state index contributed by atoms with van der Waals surface area (Å²) in [5.74, 6) is 0.231. The third-order valence-electron chi connectivity index (χ3n) is 2.22. The van der Waals surface area contributed by atoms with Crippen molar-refractivity contribution < 1.29 is 18.5 Å². The first-order valence-electron chi connectivity index (χ1n) is 4.85. The van der Waals surface area contributed by atoms with E-state index in [0.717, 1.165) is 6.54 Å². The number of carbonyl (C=O) groups excluding carboxylic acids is 1. The highest BCUT2D eigenvalue weighted by molar-refractivity contribution is 7.91. The van der Waals surface area contributed by atoms with Crippen LogP contribution < -0.4 is 10.6 Å². The van der Waals surface area contributed by atoms with Gasteiger partial charge in [0.2, 0.25) is 0 Å². The van der Waals surface area contributed by atoms with Crippen LogP contribution >= 0.6 is 0 Å². The van der Waals surface area contributed by atoms with Crippen molar-refractivity contribution in [2.45, 2.75) is 19.4 Å². The second-order valence-corrected chi connectivity index (χ2v) is 5.80. The van der Waals surface area contributed by atoms with Gasteiger partial charge in [-0.25, -0.2) is 8.42 Å². The Balaban J connectivity index is 2.29. The van der Waals surface area contributed by atoms with Crippen molar-refractivity contribution in [2.24, 2.45) is 0 Å². The normalized spacial score (nSPS) is 24.8. The van der Waals surface area contributed by atoms with Gasteiger partial charge < -0.3 is 10.6 Å². The van der Waals surface area contributed by atoms with E-state index in [1.807, 2.05) is 12.2 Å². The summed E-state index contributed by atoms with van der Waals surface area (Å²) in [6, 6.07) is -0.169. The number of sulfone groups is 1. The van der Waals surface area contributed by atoms with E-state index < -0.39 is 9.84 Å². The van der Waals surface area contributed by atoms with Crippen molar-refractivity contribution >= 4 is 15.7 Å². The molecule has 1 atom stereocenters. The SMILES string of the molecule is CC[NH2+]CC(=O)N[C@H]1CCS(=O)(=O)C1. The number of rotatable bonds is 4. The van der Waals surface area contributed by atoms with E-state index in [4.69, 9.17) is 0 Å². The molecule has 1 fully saturated rings. The molecule has 1 rings (SSSR count). The highest BCUT2D eigenvalue weighted by Gasteiger charge is 2.28. The van der Waals surface area contributed by atoms with Crippen molar-refractivity contribution in [3.05, 3.63) is 0 Å². The molecule has 5 nitrogen and oxygen atoms in total. The lowest BCUT2D eigenvalue weighted by Crippen LogP contribution is -2.86. The van der Waals surface area contributed by atoms with Crippen LogP contribution in [0.3, 0.4) is 0 Å². The van der Waals surface area contributed by atoms with Crippen molar-refractivity contribution in [1.29, 1.82) is 0 Å². The van der Waals surface area contributed by atoms with Gasteiger partial charge in [-0.15, -0.1) is 0 Å². The Labute approximate surface area is 84.2 Å². The van der Waals surface area contributed by atoms with E-state index in [1.165, 1.54) is 0 Å². The maximum Gasteiger partial charge on any atom is 0.275 e. The zero-order valence-electron chi connectivity index (χ0n) is 8.32. The third kappa shape index (κ3) is 3.63. The largest absolute Gasteiger partial charge is 0.347 e. The molecule has 0 spiro atoms. The molecule has 1 aliphatic rings. The number of nitrogens with two attached hydrogens (primary N) is 1. The lowest BCUT2D eigenvalue weighted by atomic mass is 10.2. The minimum atomic E-state index is -2.89. The molecule has 1 aliphatic heterocycles. The van der Waals surface area contributed by atoms with Crippen LogP contribution in [-0.4, -0.2) is 45.0 Å². The lowest BCUT2D eigenvalue weighted by molar-refractivity contribution is -0.640. The van der Waals surface area contributed by atoms with Gasteiger partial charge in [0.1, 0.15) is 0 Å². The summed E-state index contributed by atoms with van der Waals surface area (Å²) >= 11 is 0. The van der Waals surface area contributed by atoms with E-state index in [9.17, 15) is 13.2 Å². The van der Waals surface area contributed by atoms with Gasteiger partial charge in [-0.1, -0.05) is 0 Å². The minimum absolute atomic E-state index is 0.0750. The summed E-state index contributed by atoms with van der Waals surface area (Å²) in [7, 11) is -2.89. The fraction of sp³-hybridized carbons (Fsp3) is 0.875. The number of carbonyl (C=O) groups is 1. The van der Waals surface area contributed by atoms with Crippen LogP contribution in [0.5, 0.6) is 0 Å². The fourth-order valence-electron chi connectivity index (χ4n) is 1.47. The van der Waals surface area contributed by atoms with Gasteiger partial charge >= 0.3 is 0 Å². The predicted octanol–water partition coefficient (Wildman–Crippen LogP) is -2.13. The summed E-state index contributed by atoms with van der Waals surface area (Å²) in [5.41, 5.74) is 0. The predicted molar refractivity (Wildman–Crippen MR) is 52.5 cm³/mol. The molecule has 0 saturated carbocycles. The van der Waals surface area contributed by atoms with Crippen molar-refractivity contribution in [3.63, 3.8) is 0 Å². The Morgan fingerprint density at radius 1 is 1.57 bits per heavy atom. The molecule has 0 aromatic rings. The zero-order valence-corrected chi connectivity index (χ0v) is 9.14. The number of hydrogen-bond donors (Lipinski definition) is 2. The average Bonchev–Trinajstić information content (AvgIpc) is 2.42. The second-order valence-electron chi connectivity index (χ2n) is 3.57. The standard InChI is InChI=1S/C8H16N2O3S/c1-2-9-5-8(11)10-7-3-4-14(12,13)6-7/h7,9H,2-6H2,1H3,(H,10,11)/p+1/t7-/m0/s1. The van der Waals surface area contributed by atoms with Gasteiger partial charge in [-0.05, 0) is 13.3 Å². The molecule has 0 radical (unpaired) electrons. The maximum absolute atomic E-state index is 11.2. The van der Waals surface area contributed by atoms with E-state index in [0.29, 0.717) is 13.0 Å². The number of quaternary nitrogens is 1. The fourth-order valence-corrected chi connectivity index (χ4v) is 3.14. The summed E-state index contributed by atoms with van der Waals surface area (Å²) in [6.07, 6.45) is 0.556. The van der Waals surface area contributed by atoms with Gasteiger partial charge in [-0.3, -0.25) is 4.79 Å². The molecule has 1 heterocycles. The minimum Gasteiger partial charge on any atom is -0.347 e. The van der Waals surface area contributed by atoms with Crippen molar-refractivity contribution in [3.8, 4) is 0 Å². The Kier molecular flexibility index (Phi) is 3.88. The maximum atomic E-state index is 11.2. The van der Waals surface area contributed by atoms with Gasteiger partial charge in [0, 0.05) is 6.04 Å². The van der Waals surface area contributed by atoms with Gasteiger partial charge in [-0.2, -0.15) is 0 Å². The highest BCUT2D eigenvalue weighted by atomic mass is 32.2. The van der Waals surface area contributed by atoms with Crippen LogP contribution in [0.25, 0.3) is 0 Å². The lowest BCUT2D eigenvalue weighted by Gasteiger charge is -2.09. The van der Waals surface area contributed by atoms with E-state index in [-0.39, 0.29) is 23.5 Å². The van der Waals surface area contributed by atoms with E-state index >= 15 is 0 Å². The molecule has 6 heteroatoms. The summed E-state index contributed by atoms with van der Waals surface area (Å²) in [4.78, 5) is 11.2. The molecule has 0 aromatic carbocycles. The molecule has 0 unspecified atom stereocenters. The van der Waals surface area contributed by atoms with Gasteiger partial charge in [0.25, 0.3) is 5.91 Å². The zero-order chi connectivity index (χ0) is 10.6. The molecule has 1 saturated heterocycles. The summed E-state index contributed by atoms with van der Waals surface area (Å²) in [5, 5.41) is 4.59. The Bertz CT molecular complexity index is 300. The number of hydrogen-bond acceptors (Lipinski definition) is 3.